The van der Waals surface area contributed by atoms with Gasteiger partial charge >= 0.3 is 18.2 Å². The number of alkyl carbamates (subject to hydrolysis) is 1. The molecule has 0 radical (unpaired) electrons. The predicted octanol–water partition coefficient (Wildman–Crippen LogP) is 3.46. The fraction of sp³-hybridized carbons (Fsp3) is 0.444. The molecule has 15 nitrogen and oxygen atoms in total. The number of ether oxygens (including phenoxy) is 3. The van der Waals surface area contributed by atoms with Gasteiger partial charge in [-0.3, -0.25) is 25.0 Å². The number of nitrogens with one attached hydrogen (secondary N) is 1. The highest BCUT2D eigenvalue weighted by atomic mass is 16.6. The van der Waals surface area contributed by atoms with Crippen molar-refractivity contribution in [1.82, 2.24) is 10.2 Å². The summed E-state index contributed by atoms with van der Waals surface area (Å²) in [6, 6.07) is 10.7. The summed E-state index contributed by atoms with van der Waals surface area (Å²) in [6.45, 7) is 1.31. The number of esters is 1. The summed E-state index contributed by atoms with van der Waals surface area (Å²) in [6.07, 6.45) is -1.24. The monoisotopic (exact) mass is 588 g/mol. The first kappa shape index (κ1) is 31.7. The Kier molecular flexibility index (Phi) is 11.5. The van der Waals surface area contributed by atoms with Crippen molar-refractivity contribution in [1.29, 1.82) is 0 Å². The van der Waals surface area contributed by atoms with Gasteiger partial charge in [0.05, 0.1) is 29.1 Å². The molecule has 2 aromatic rings. The van der Waals surface area contributed by atoms with Crippen molar-refractivity contribution in [2.45, 2.75) is 51.5 Å². The minimum Gasteiger partial charge on any atom is -0.466 e. The molecule has 2 aromatic carbocycles. The number of likely N-dealkylation sites (tertiary alicyclic amines) is 1. The quantitative estimate of drug-likeness (QED) is 0.150. The van der Waals surface area contributed by atoms with Gasteiger partial charge in [0.25, 0.3) is 11.4 Å². The van der Waals surface area contributed by atoms with E-state index in [0.717, 1.165) is 0 Å². The molecule has 0 aliphatic carbocycles. The van der Waals surface area contributed by atoms with E-state index in [-0.39, 0.29) is 56.6 Å². The van der Waals surface area contributed by atoms with Crippen molar-refractivity contribution in [3.63, 3.8) is 0 Å². The van der Waals surface area contributed by atoms with Gasteiger partial charge in [-0.25, -0.2) is 9.59 Å². The number of carbonyl (C=O) groups excluding carboxylic acids is 3. The van der Waals surface area contributed by atoms with E-state index in [1.165, 1.54) is 60.4 Å². The lowest BCUT2D eigenvalue weighted by atomic mass is 9.91. The van der Waals surface area contributed by atoms with Gasteiger partial charge in [-0.05, 0) is 60.6 Å². The first-order valence-corrected chi connectivity index (χ1v) is 13.2. The SMILES string of the molecule is CC(=O)OCCC(CCNC(=O)OCc1ccc([N+](=O)[O-])cc1)[C@@H]1C[C@@H](O)CN1C(=O)OCc1ccc([N+](=O)[O-])cc1. The number of aliphatic hydroxyl groups is 1. The van der Waals surface area contributed by atoms with Crippen LogP contribution in [0.25, 0.3) is 0 Å². The highest BCUT2D eigenvalue weighted by Gasteiger charge is 2.39. The zero-order valence-corrected chi connectivity index (χ0v) is 22.9. The Balaban J connectivity index is 1.55. The van der Waals surface area contributed by atoms with Crippen molar-refractivity contribution in [3.8, 4) is 0 Å². The third-order valence-electron chi connectivity index (χ3n) is 6.70. The molecule has 3 atom stereocenters. The first-order chi connectivity index (χ1) is 20.0. The molecule has 226 valence electrons. The lowest BCUT2D eigenvalue weighted by Gasteiger charge is -2.31. The second-order valence-corrected chi connectivity index (χ2v) is 9.69. The summed E-state index contributed by atoms with van der Waals surface area (Å²) in [4.78, 5) is 58.4. The largest absolute Gasteiger partial charge is 0.466 e. The second-order valence-electron chi connectivity index (χ2n) is 9.69. The van der Waals surface area contributed by atoms with Crippen molar-refractivity contribution in [2.75, 3.05) is 19.7 Å². The highest BCUT2D eigenvalue weighted by molar-refractivity contribution is 5.69. The van der Waals surface area contributed by atoms with Gasteiger partial charge in [0.1, 0.15) is 13.2 Å². The van der Waals surface area contributed by atoms with Crippen molar-refractivity contribution in [2.24, 2.45) is 5.92 Å². The van der Waals surface area contributed by atoms with Crippen molar-refractivity contribution < 1.29 is 43.5 Å². The predicted molar refractivity (Wildman–Crippen MR) is 145 cm³/mol. The molecule has 0 bridgehead atoms. The third kappa shape index (κ3) is 9.69. The number of amides is 2. The van der Waals surface area contributed by atoms with E-state index in [0.29, 0.717) is 24.0 Å². The Hall–Kier alpha value is -4.79. The van der Waals surface area contributed by atoms with Crippen molar-refractivity contribution >= 4 is 29.5 Å². The standard InChI is InChI=1S/C27H32N4O11/c1-18(32)40-13-11-21(10-12-28-26(34)41-16-19-2-6-22(7-3-19)30(36)37)25-14-24(33)15-29(25)27(35)42-17-20-4-8-23(9-5-20)31(38)39/h2-9,21,24-25,33H,10-17H2,1H3,(H,28,34)/t21?,24-,25+/m1/s1. The Bertz CT molecular complexity index is 1250. The van der Waals surface area contributed by atoms with Crippen LogP contribution in [0.1, 0.15) is 37.3 Å². The van der Waals surface area contributed by atoms with Crippen LogP contribution in [0.15, 0.2) is 48.5 Å². The number of hydrogen-bond donors (Lipinski definition) is 2. The van der Waals surface area contributed by atoms with Gasteiger partial charge in [0, 0.05) is 43.8 Å². The molecule has 15 heteroatoms. The summed E-state index contributed by atoms with van der Waals surface area (Å²) in [7, 11) is 0. The molecule has 0 aromatic heterocycles. The summed E-state index contributed by atoms with van der Waals surface area (Å²) in [5, 5.41) is 34.6. The van der Waals surface area contributed by atoms with E-state index in [2.05, 4.69) is 5.32 Å². The minimum atomic E-state index is -0.808. The Morgan fingerprint density at radius 1 is 0.929 bits per heavy atom. The number of benzene rings is 2. The number of nitro benzene ring substituents is 2. The molecular weight excluding hydrogens is 556 g/mol. The molecule has 1 aliphatic rings. The summed E-state index contributed by atoms with van der Waals surface area (Å²) >= 11 is 0. The molecule has 1 aliphatic heterocycles. The van der Waals surface area contributed by atoms with Crippen LogP contribution in [0.5, 0.6) is 0 Å². The molecule has 1 saturated heterocycles. The van der Waals surface area contributed by atoms with Gasteiger partial charge < -0.3 is 29.5 Å². The van der Waals surface area contributed by atoms with E-state index in [9.17, 15) is 39.7 Å². The molecular formula is C27H32N4O11. The molecule has 42 heavy (non-hydrogen) atoms. The average molecular weight is 589 g/mol. The van der Waals surface area contributed by atoms with Gasteiger partial charge in [0.15, 0.2) is 0 Å². The normalized spacial score (nSPS) is 16.8. The summed E-state index contributed by atoms with van der Waals surface area (Å²) in [5.74, 6) is -0.754. The first-order valence-electron chi connectivity index (χ1n) is 13.2. The van der Waals surface area contributed by atoms with Crippen LogP contribution >= 0.6 is 0 Å². The van der Waals surface area contributed by atoms with E-state index >= 15 is 0 Å². The number of carbonyl (C=O) groups is 3. The molecule has 0 spiro atoms. The maximum Gasteiger partial charge on any atom is 0.410 e. The molecule has 1 heterocycles. The van der Waals surface area contributed by atoms with E-state index in [1.807, 2.05) is 0 Å². The molecule has 1 unspecified atom stereocenters. The fourth-order valence-electron chi connectivity index (χ4n) is 4.60. The van der Waals surface area contributed by atoms with Crippen LogP contribution < -0.4 is 5.32 Å². The minimum absolute atomic E-state index is 0.0263. The number of nitro groups is 2. The number of aliphatic hydroxyl groups excluding tert-OH is 1. The zero-order valence-electron chi connectivity index (χ0n) is 22.9. The molecule has 1 fully saturated rings. The van der Waals surface area contributed by atoms with Gasteiger partial charge in [-0.15, -0.1) is 0 Å². The highest BCUT2D eigenvalue weighted by Crippen LogP contribution is 2.30. The maximum atomic E-state index is 13.0. The molecule has 2 N–H and O–H groups in total. The van der Waals surface area contributed by atoms with Crippen LogP contribution in [-0.2, 0) is 32.2 Å². The third-order valence-corrected chi connectivity index (χ3v) is 6.70. The van der Waals surface area contributed by atoms with Crippen LogP contribution in [0.3, 0.4) is 0 Å². The Labute approximate surface area is 240 Å². The van der Waals surface area contributed by atoms with E-state index < -0.39 is 40.1 Å². The fourth-order valence-corrected chi connectivity index (χ4v) is 4.60. The zero-order chi connectivity index (χ0) is 30.6. The summed E-state index contributed by atoms with van der Waals surface area (Å²) < 4.78 is 15.7. The molecule has 3 rings (SSSR count). The lowest BCUT2D eigenvalue weighted by Crippen LogP contribution is -2.42. The number of non-ortho nitro benzene ring substituents is 2. The van der Waals surface area contributed by atoms with Crippen LogP contribution in [-0.4, -0.2) is 69.9 Å². The van der Waals surface area contributed by atoms with Crippen LogP contribution in [0.2, 0.25) is 0 Å². The smallest absolute Gasteiger partial charge is 0.410 e. The lowest BCUT2D eigenvalue weighted by molar-refractivity contribution is -0.385. The number of β-amino-alcohol motifs (C(OH)–C–C–N with tert-alkyl or cyclic N) is 1. The Morgan fingerprint density at radius 2 is 1.48 bits per heavy atom. The summed E-state index contributed by atoms with van der Waals surface area (Å²) in [5.41, 5.74) is 0.947. The number of hydrogen-bond acceptors (Lipinski definition) is 11. The average Bonchev–Trinajstić information content (AvgIpc) is 3.35. The topological polar surface area (TPSA) is 201 Å². The molecule has 0 saturated carbocycles. The van der Waals surface area contributed by atoms with Crippen molar-refractivity contribution in [3.05, 3.63) is 79.9 Å². The van der Waals surface area contributed by atoms with Gasteiger partial charge in [-0.1, -0.05) is 0 Å². The maximum absolute atomic E-state index is 13.0. The Morgan fingerprint density at radius 3 is 2.00 bits per heavy atom. The molecule has 2 amide bonds. The van der Waals surface area contributed by atoms with Gasteiger partial charge in [-0.2, -0.15) is 0 Å². The van der Waals surface area contributed by atoms with Crippen LogP contribution in [0, 0.1) is 26.1 Å². The second kappa shape index (κ2) is 15.3. The van der Waals surface area contributed by atoms with Gasteiger partial charge in [0.2, 0.25) is 0 Å². The van der Waals surface area contributed by atoms with E-state index in [4.69, 9.17) is 14.2 Å². The number of nitrogens with zero attached hydrogens (tertiary/aromatic N) is 3. The van der Waals surface area contributed by atoms with Crippen LogP contribution in [0.4, 0.5) is 21.0 Å². The van der Waals surface area contributed by atoms with E-state index in [1.54, 1.807) is 0 Å². The number of rotatable bonds is 13.